The van der Waals surface area contributed by atoms with Crippen molar-refractivity contribution in [2.45, 2.75) is 148 Å². The summed E-state index contributed by atoms with van der Waals surface area (Å²) < 4.78 is 14.1. The molecule has 7 nitrogen and oxygen atoms in total. The van der Waals surface area contributed by atoms with Crippen LogP contribution in [0.1, 0.15) is 140 Å². The Bertz CT molecular complexity index is 975. The van der Waals surface area contributed by atoms with Crippen LogP contribution in [0, 0.1) is 0 Å². The van der Waals surface area contributed by atoms with Crippen LogP contribution in [0.15, 0.2) is 54.2 Å². The van der Waals surface area contributed by atoms with Gasteiger partial charge in [-0.15, -0.1) is 12.4 Å². The largest absolute Gasteiger partial charge is 0.381 e. The van der Waals surface area contributed by atoms with E-state index < -0.39 is 0 Å². The fourth-order valence-electron chi connectivity index (χ4n) is 5.77. The molecule has 8 heteroatoms. The van der Waals surface area contributed by atoms with Crippen molar-refractivity contribution in [2.24, 2.45) is 5.11 Å². The smallest absolute Gasteiger partial charge is 0.171 e. The minimum Gasteiger partial charge on any atom is -0.381 e. The minimum atomic E-state index is 0. The predicted molar refractivity (Wildman–Crippen MR) is 194 cm³/mol. The van der Waals surface area contributed by atoms with Gasteiger partial charge in [-0.25, -0.2) is 4.57 Å². The van der Waals surface area contributed by atoms with Gasteiger partial charge in [0.2, 0.25) is 0 Å². The molecule has 0 aliphatic rings. The fraction of sp³-hybridized carbons (Fsp3) is 0.737. The van der Waals surface area contributed by atoms with E-state index in [1.807, 2.05) is 18.5 Å². The molecule has 0 fully saturated rings. The van der Waals surface area contributed by atoms with Crippen LogP contribution >= 0.6 is 12.4 Å². The van der Waals surface area contributed by atoms with E-state index in [-0.39, 0.29) is 12.4 Å². The molecule has 0 aliphatic carbocycles. The molecule has 0 N–H and O–H groups in total. The summed E-state index contributed by atoms with van der Waals surface area (Å²) >= 11 is 0. The first-order valence-corrected chi connectivity index (χ1v) is 18.4. The molecule has 0 radical (unpaired) electrons. The number of aryl methyl sites for hydroxylation is 3. The van der Waals surface area contributed by atoms with Gasteiger partial charge in [-0.1, -0.05) is 94.7 Å². The highest BCUT2D eigenvalue weighted by atomic mass is 35.5. The SMILES string of the molecule is Cl.[N-]=[N+]=NCCCCCCCCCCCCOCCCc1ccc[n+](CCCCCCCCCCOCCCc2cccnc2)c1. The van der Waals surface area contributed by atoms with Gasteiger partial charge in [0, 0.05) is 68.3 Å². The number of azide groups is 1. The van der Waals surface area contributed by atoms with Crippen LogP contribution in [0.2, 0.25) is 0 Å². The Labute approximate surface area is 287 Å². The van der Waals surface area contributed by atoms with Crippen molar-refractivity contribution in [1.82, 2.24) is 4.98 Å². The average Bonchev–Trinajstić information content (AvgIpc) is 3.07. The first-order chi connectivity index (χ1) is 22.4. The molecular formula is C38H65ClN5O2+. The predicted octanol–water partition coefficient (Wildman–Crippen LogP) is 10.7. The maximum Gasteiger partial charge on any atom is 0.171 e. The lowest BCUT2D eigenvalue weighted by molar-refractivity contribution is -0.697. The summed E-state index contributed by atoms with van der Waals surface area (Å²) in [6, 6.07) is 8.60. The molecule has 260 valence electrons. The van der Waals surface area contributed by atoms with Crippen molar-refractivity contribution in [1.29, 1.82) is 0 Å². The van der Waals surface area contributed by atoms with E-state index in [0.717, 1.165) is 65.1 Å². The third-order valence-electron chi connectivity index (χ3n) is 8.47. The van der Waals surface area contributed by atoms with Crippen molar-refractivity contribution in [3.05, 3.63) is 70.6 Å². The molecule has 0 amide bonds. The molecule has 2 rings (SSSR count). The van der Waals surface area contributed by atoms with Gasteiger partial charge in [0.25, 0.3) is 0 Å². The molecule has 0 aromatic carbocycles. The van der Waals surface area contributed by atoms with Crippen LogP contribution in [-0.4, -0.2) is 38.0 Å². The quantitative estimate of drug-likeness (QED) is 0.0258. The van der Waals surface area contributed by atoms with Gasteiger partial charge in [-0.05, 0) is 74.6 Å². The normalized spacial score (nSPS) is 10.9. The summed E-state index contributed by atoms with van der Waals surface area (Å²) in [6.45, 7) is 5.32. The summed E-state index contributed by atoms with van der Waals surface area (Å²) in [4.78, 5) is 6.96. The van der Waals surface area contributed by atoms with Crippen LogP contribution < -0.4 is 4.57 Å². The van der Waals surface area contributed by atoms with Gasteiger partial charge in [-0.2, -0.15) is 0 Å². The zero-order chi connectivity index (χ0) is 31.7. The number of halogens is 1. The molecule has 2 heterocycles. The van der Waals surface area contributed by atoms with E-state index in [9.17, 15) is 0 Å². The van der Waals surface area contributed by atoms with E-state index in [0.29, 0.717) is 6.54 Å². The monoisotopic (exact) mass is 658 g/mol. The molecular weight excluding hydrogens is 594 g/mol. The number of nitrogens with zero attached hydrogens (tertiary/aromatic N) is 5. The van der Waals surface area contributed by atoms with E-state index in [2.05, 4.69) is 50.2 Å². The third kappa shape index (κ3) is 25.9. The first-order valence-electron chi connectivity index (χ1n) is 18.4. The topological polar surface area (TPSA) is 84.0 Å². The molecule has 2 aromatic heterocycles. The van der Waals surface area contributed by atoms with Crippen molar-refractivity contribution >= 4 is 12.4 Å². The number of hydrogen-bond donors (Lipinski definition) is 0. The second-order valence-electron chi connectivity index (χ2n) is 12.6. The van der Waals surface area contributed by atoms with Gasteiger partial charge >= 0.3 is 0 Å². The van der Waals surface area contributed by atoms with Gasteiger partial charge in [0.05, 0.1) is 0 Å². The van der Waals surface area contributed by atoms with E-state index in [1.165, 1.54) is 120 Å². The lowest BCUT2D eigenvalue weighted by atomic mass is 10.1. The van der Waals surface area contributed by atoms with Gasteiger partial charge in [0.15, 0.2) is 12.4 Å². The zero-order valence-corrected chi connectivity index (χ0v) is 29.7. The van der Waals surface area contributed by atoms with Crippen LogP contribution in [-0.2, 0) is 28.9 Å². The Balaban J connectivity index is 0.0000106. The highest BCUT2D eigenvalue weighted by molar-refractivity contribution is 5.85. The van der Waals surface area contributed by atoms with Crippen LogP contribution in [0.3, 0.4) is 0 Å². The fourth-order valence-corrected chi connectivity index (χ4v) is 5.77. The summed E-state index contributed by atoms with van der Waals surface area (Å²) in [5, 5.41) is 3.59. The summed E-state index contributed by atoms with van der Waals surface area (Å²) in [6.07, 6.45) is 35.8. The van der Waals surface area contributed by atoms with Crippen molar-refractivity contribution in [3.63, 3.8) is 0 Å². The van der Waals surface area contributed by atoms with E-state index in [1.54, 1.807) is 0 Å². The summed E-state index contributed by atoms with van der Waals surface area (Å²) in [7, 11) is 0. The Morgan fingerprint density at radius 3 is 1.67 bits per heavy atom. The van der Waals surface area contributed by atoms with Gasteiger partial charge in [-0.3, -0.25) is 4.98 Å². The second kappa shape index (κ2) is 32.7. The van der Waals surface area contributed by atoms with Gasteiger partial charge < -0.3 is 9.47 Å². The van der Waals surface area contributed by atoms with Crippen molar-refractivity contribution in [2.75, 3.05) is 33.0 Å². The minimum absolute atomic E-state index is 0. The third-order valence-corrected chi connectivity index (χ3v) is 8.47. The van der Waals surface area contributed by atoms with Crippen LogP contribution in [0.25, 0.3) is 10.4 Å². The standard InChI is InChI=1S/C38H64N5O2.ClH/c39-42-41-28-15-11-7-3-1-2-5-9-13-18-32-45-34-22-26-38-24-20-30-43(36-38)29-16-12-8-4-6-10-14-17-31-44-33-21-25-37-23-19-27-40-35-37;/h19-20,23-24,27,30,35-36H,1-18,21-22,25-26,28-29,31-34H2;1H/q+1;. The second-order valence-corrected chi connectivity index (χ2v) is 12.6. The molecule has 0 bridgehead atoms. The molecule has 0 saturated carbocycles. The van der Waals surface area contributed by atoms with Gasteiger partial charge in [0.1, 0.15) is 6.54 Å². The summed E-state index contributed by atoms with van der Waals surface area (Å²) in [5.41, 5.74) is 11.0. The lowest BCUT2D eigenvalue weighted by Crippen LogP contribution is -2.33. The maximum atomic E-state index is 8.27. The highest BCUT2D eigenvalue weighted by Crippen LogP contribution is 2.12. The highest BCUT2D eigenvalue weighted by Gasteiger charge is 2.04. The number of hydrogen-bond acceptors (Lipinski definition) is 4. The lowest BCUT2D eigenvalue weighted by Gasteiger charge is -2.05. The Morgan fingerprint density at radius 2 is 1.11 bits per heavy atom. The number of unbranched alkanes of at least 4 members (excludes halogenated alkanes) is 16. The van der Waals surface area contributed by atoms with Crippen LogP contribution in [0.5, 0.6) is 0 Å². The molecule has 0 aliphatic heterocycles. The summed E-state index contributed by atoms with van der Waals surface area (Å²) in [5.74, 6) is 0. The molecule has 46 heavy (non-hydrogen) atoms. The maximum absolute atomic E-state index is 8.27. The number of ether oxygens (including phenoxy) is 2. The zero-order valence-electron chi connectivity index (χ0n) is 28.9. The average molecular weight is 659 g/mol. The van der Waals surface area contributed by atoms with Crippen LogP contribution in [0.4, 0.5) is 0 Å². The number of rotatable bonds is 32. The van der Waals surface area contributed by atoms with Crippen molar-refractivity contribution < 1.29 is 14.0 Å². The molecule has 0 saturated heterocycles. The first kappa shape index (κ1) is 41.8. The number of aromatic nitrogens is 2. The molecule has 0 spiro atoms. The van der Waals surface area contributed by atoms with E-state index in [4.69, 9.17) is 15.0 Å². The Hall–Kier alpha value is -2.18. The Morgan fingerprint density at radius 1 is 0.609 bits per heavy atom. The van der Waals surface area contributed by atoms with E-state index >= 15 is 0 Å². The molecule has 0 atom stereocenters. The van der Waals surface area contributed by atoms with Crippen molar-refractivity contribution in [3.8, 4) is 0 Å². The Kier molecular flexibility index (Phi) is 29.8. The molecule has 0 unspecified atom stereocenters. The number of pyridine rings is 2. The molecule has 2 aromatic rings.